The second kappa shape index (κ2) is 8.61. The summed E-state index contributed by atoms with van der Waals surface area (Å²) in [6, 6.07) is 12.5. The first-order valence-electron chi connectivity index (χ1n) is 9.41. The van der Waals surface area contributed by atoms with Gasteiger partial charge in [0.15, 0.2) is 5.16 Å². The fourth-order valence-electron chi connectivity index (χ4n) is 3.30. The second-order valence-corrected chi connectivity index (χ2v) is 7.94. The number of nitrogens with one attached hydrogen (secondary N) is 1. The van der Waals surface area contributed by atoms with E-state index in [-0.39, 0.29) is 11.7 Å². The van der Waals surface area contributed by atoms with Crippen LogP contribution in [0.15, 0.2) is 41.6 Å². The van der Waals surface area contributed by atoms with Crippen molar-refractivity contribution >= 4 is 23.4 Å². The molecular weight excluding hydrogens is 368 g/mol. The first-order valence-corrected chi connectivity index (χ1v) is 10.4. The van der Waals surface area contributed by atoms with Gasteiger partial charge in [-0.2, -0.15) is 0 Å². The van der Waals surface area contributed by atoms with Crippen LogP contribution in [0.4, 0.5) is 5.69 Å². The smallest absolute Gasteiger partial charge is 0.234 e. The monoisotopic (exact) mass is 394 g/mol. The molecule has 0 spiro atoms. The molecule has 1 amide bonds. The van der Waals surface area contributed by atoms with Gasteiger partial charge in [0, 0.05) is 11.4 Å². The Balaban J connectivity index is 1.72. The molecule has 0 aliphatic rings. The summed E-state index contributed by atoms with van der Waals surface area (Å²) in [5.41, 5.74) is 6.53. The molecule has 3 aromatic rings. The molecular formula is C22H26N4OS. The number of nitrogens with zero attached hydrogens (tertiary/aromatic N) is 3. The van der Waals surface area contributed by atoms with Crippen LogP contribution in [0.5, 0.6) is 0 Å². The zero-order chi connectivity index (χ0) is 20.3. The van der Waals surface area contributed by atoms with Gasteiger partial charge in [-0.05, 0) is 62.9 Å². The summed E-state index contributed by atoms with van der Waals surface area (Å²) in [5.74, 6) is 1.03. The summed E-state index contributed by atoms with van der Waals surface area (Å²) in [4.78, 5) is 12.5. The van der Waals surface area contributed by atoms with E-state index in [2.05, 4.69) is 65.8 Å². The average molecular weight is 395 g/mol. The van der Waals surface area contributed by atoms with Crippen molar-refractivity contribution in [2.24, 2.45) is 0 Å². The Morgan fingerprint density at radius 3 is 2.29 bits per heavy atom. The highest BCUT2D eigenvalue weighted by atomic mass is 32.2. The molecule has 0 unspecified atom stereocenters. The third-order valence-electron chi connectivity index (χ3n) is 4.67. The summed E-state index contributed by atoms with van der Waals surface area (Å²) >= 11 is 1.39. The number of hydrogen-bond acceptors (Lipinski definition) is 4. The molecule has 1 N–H and O–H groups in total. The molecule has 0 atom stereocenters. The molecule has 3 rings (SSSR count). The van der Waals surface area contributed by atoms with Crippen LogP contribution in [0.25, 0.3) is 5.69 Å². The molecule has 0 saturated carbocycles. The van der Waals surface area contributed by atoms with Crippen molar-refractivity contribution in [2.75, 3.05) is 11.1 Å². The summed E-state index contributed by atoms with van der Waals surface area (Å²) in [6.07, 6.45) is 1.00. The van der Waals surface area contributed by atoms with Crippen molar-refractivity contribution in [1.82, 2.24) is 14.8 Å². The highest BCUT2D eigenvalue weighted by molar-refractivity contribution is 7.99. The van der Waals surface area contributed by atoms with Crippen molar-refractivity contribution in [3.8, 4) is 5.69 Å². The van der Waals surface area contributed by atoms with E-state index < -0.39 is 0 Å². The first kappa shape index (κ1) is 20.1. The van der Waals surface area contributed by atoms with Crippen LogP contribution in [-0.2, 0) is 11.2 Å². The minimum absolute atomic E-state index is 0.0476. The molecule has 1 aromatic heterocycles. The van der Waals surface area contributed by atoms with E-state index in [1.54, 1.807) is 0 Å². The van der Waals surface area contributed by atoms with Gasteiger partial charge in [0.1, 0.15) is 5.82 Å². The van der Waals surface area contributed by atoms with Crippen molar-refractivity contribution in [3.05, 3.63) is 64.5 Å². The lowest BCUT2D eigenvalue weighted by Gasteiger charge is -2.13. The van der Waals surface area contributed by atoms with Gasteiger partial charge >= 0.3 is 0 Å². The van der Waals surface area contributed by atoms with Crippen LogP contribution in [0.3, 0.4) is 0 Å². The SMILES string of the molecule is CCc1ccc(-n2c(C)nnc2SCC(=O)Nc2c(C)cc(C)cc2C)cc1. The molecule has 146 valence electrons. The third-order valence-corrected chi connectivity index (χ3v) is 5.60. The third kappa shape index (κ3) is 4.44. The number of aromatic nitrogens is 3. The number of benzene rings is 2. The molecule has 0 fully saturated rings. The highest BCUT2D eigenvalue weighted by Crippen LogP contribution is 2.25. The van der Waals surface area contributed by atoms with E-state index in [9.17, 15) is 4.79 Å². The lowest BCUT2D eigenvalue weighted by molar-refractivity contribution is -0.113. The molecule has 2 aromatic carbocycles. The molecule has 5 nitrogen and oxygen atoms in total. The van der Waals surface area contributed by atoms with Crippen LogP contribution in [0, 0.1) is 27.7 Å². The maximum Gasteiger partial charge on any atom is 0.234 e. The van der Waals surface area contributed by atoms with Gasteiger partial charge in [0.2, 0.25) is 5.91 Å². The van der Waals surface area contributed by atoms with E-state index in [0.717, 1.165) is 34.7 Å². The molecule has 6 heteroatoms. The van der Waals surface area contributed by atoms with Gasteiger partial charge < -0.3 is 5.32 Å². The number of rotatable bonds is 6. The zero-order valence-corrected chi connectivity index (χ0v) is 17.9. The van der Waals surface area contributed by atoms with Gasteiger partial charge in [0.05, 0.1) is 5.75 Å². The molecule has 0 radical (unpaired) electrons. The summed E-state index contributed by atoms with van der Waals surface area (Å²) in [5, 5.41) is 12.2. The normalized spacial score (nSPS) is 10.9. The number of carbonyl (C=O) groups excluding carboxylic acids is 1. The van der Waals surface area contributed by atoms with Crippen molar-refractivity contribution in [1.29, 1.82) is 0 Å². The predicted octanol–water partition coefficient (Wildman–Crippen LogP) is 4.79. The van der Waals surface area contributed by atoms with Crippen LogP contribution in [0.1, 0.15) is 35.0 Å². The number of anilines is 1. The molecule has 0 saturated heterocycles. The topological polar surface area (TPSA) is 59.8 Å². The van der Waals surface area contributed by atoms with Crippen LogP contribution in [-0.4, -0.2) is 26.4 Å². The number of thioether (sulfide) groups is 1. The Hall–Kier alpha value is -2.60. The Labute approximate surface area is 170 Å². The van der Waals surface area contributed by atoms with Crippen molar-refractivity contribution in [2.45, 2.75) is 46.2 Å². The first-order chi connectivity index (χ1) is 13.4. The highest BCUT2D eigenvalue weighted by Gasteiger charge is 2.14. The van der Waals surface area contributed by atoms with Gasteiger partial charge in [-0.25, -0.2) is 0 Å². The zero-order valence-electron chi connectivity index (χ0n) is 17.0. The van der Waals surface area contributed by atoms with E-state index in [4.69, 9.17) is 0 Å². The molecule has 0 aliphatic carbocycles. The summed E-state index contributed by atoms with van der Waals surface area (Å²) < 4.78 is 1.99. The maximum absolute atomic E-state index is 12.5. The van der Waals surface area contributed by atoms with E-state index in [0.29, 0.717) is 5.16 Å². The standard InChI is InChI=1S/C22H26N4OS/c1-6-18-7-9-19(10-8-18)26-17(5)24-25-22(26)28-13-20(27)23-21-15(3)11-14(2)12-16(21)4/h7-12H,6,13H2,1-5H3,(H,23,27). The fraction of sp³-hybridized carbons (Fsp3) is 0.318. The van der Waals surface area contributed by atoms with Gasteiger partial charge in [-0.15, -0.1) is 10.2 Å². The van der Waals surface area contributed by atoms with E-state index in [1.165, 1.54) is 22.9 Å². The molecule has 1 heterocycles. The molecule has 0 aliphatic heterocycles. The molecule has 0 bridgehead atoms. The minimum atomic E-state index is -0.0476. The van der Waals surface area contributed by atoms with Crippen molar-refractivity contribution in [3.63, 3.8) is 0 Å². The number of aryl methyl sites for hydroxylation is 5. The fourth-order valence-corrected chi connectivity index (χ4v) is 4.09. The molecule has 28 heavy (non-hydrogen) atoms. The largest absolute Gasteiger partial charge is 0.325 e. The Morgan fingerprint density at radius 1 is 1.04 bits per heavy atom. The van der Waals surface area contributed by atoms with E-state index in [1.807, 2.05) is 25.3 Å². The number of hydrogen-bond donors (Lipinski definition) is 1. The van der Waals surface area contributed by atoms with Gasteiger partial charge in [0.25, 0.3) is 0 Å². The van der Waals surface area contributed by atoms with Gasteiger partial charge in [-0.1, -0.05) is 48.5 Å². The Bertz CT molecular complexity index is 969. The average Bonchev–Trinajstić information content (AvgIpc) is 3.03. The summed E-state index contributed by atoms with van der Waals surface area (Å²) in [6.45, 7) is 10.1. The number of carbonyl (C=O) groups is 1. The lowest BCUT2D eigenvalue weighted by atomic mass is 10.1. The lowest BCUT2D eigenvalue weighted by Crippen LogP contribution is -2.16. The Morgan fingerprint density at radius 2 is 1.68 bits per heavy atom. The minimum Gasteiger partial charge on any atom is -0.325 e. The van der Waals surface area contributed by atoms with Crippen LogP contribution >= 0.6 is 11.8 Å². The van der Waals surface area contributed by atoms with Gasteiger partial charge in [-0.3, -0.25) is 9.36 Å². The Kier molecular flexibility index (Phi) is 6.19. The summed E-state index contributed by atoms with van der Waals surface area (Å²) in [7, 11) is 0. The van der Waals surface area contributed by atoms with Crippen LogP contribution in [0.2, 0.25) is 0 Å². The number of amides is 1. The second-order valence-electron chi connectivity index (χ2n) is 7.00. The predicted molar refractivity (Wildman–Crippen MR) is 115 cm³/mol. The quantitative estimate of drug-likeness (QED) is 0.611. The van der Waals surface area contributed by atoms with Crippen molar-refractivity contribution < 1.29 is 4.79 Å². The van der Waals surface area contributed by atoms with E-state index >= 15 is 0 Å². The maximum atomic E-state index is 12.5. The van der Waals surface area contributed by atoms with Crippen LogP contribution < -0.4 is 5.32 Å².